The number of piperidine rings is 1. The zero-order valence-electron chi connectivity index (χ0n) is 15.4. The van der Waals surface area contributed by atoms with Crippen LogP contribution in [0, 0.1) is 0 Å². The van der Waals surface area contributed by atoms with Crippen LogP contribution in [0.5, 0.6) is 0 Å². The Hall–Kier alpha value is -0.650. The van der Waals surface area contributed by atoms with E-state index in [4.69, 9.17) is 4.74 Å². The van der Waals surface area contributed by atoms with Crippen LogP contribution in [-0.4, -0.2) is 72.7 Å². The molecule has 1 N–H and O–H groups in total. The molecule has 0 aliphatic carbocycles. The molecule has 2 heterocycles. The number of rotatable bonds is 6. The molecule has 0 radical (unpaired) electrons. The minimum atomic E-state index is -0.180. The Morgan fingerprint density at radius 2 is 1.91 bits per heavy atom. The van der Waals surface area contributed by atoms with Crippen LogP contribution in [-0.2, 0) is 9.53 Å². The summed E-state index contributed by atoms with van der Waals surface area (Å²) in [5.74, 6) is 0.114. The Balaban J connectivity index is 1.76. The fourth-order valence-corrected chi connectivity index (χ4v) is 3.69. The molecule has 0 aromatic rings. The fraction of sp³-hybridized carbons (Fsp3) is 0.944. The van der Waals surface area contributed by atoms with E-state index in [9.17, 15) is 4.79 Å². The summed E-state index contributed by atoms with van der Waals surface area (Å²) in [5, 5.41) is 3.22. The summed E-state index contributed by atoms with van der Waals surface area (Å²) in [5.41, 5.74) is -0.180. The first-order chi connectivity index (χ1) is 10.9. The number of amides is 1. The van der Waals surface area contributed by atoms with Gasteiger partial charge in [0.15, 0.2) is 0 Å². The lowest BCUT2D eigenvalue weighted by atomic mass is 10.0. The third kappa shape index (κ3) is 6.40. The lowest BCUT2D eigenvalue weighted by Gasteiger charge is -2.37. The van der Waals surface area contributed by atoms with Crippen molar-refractivity contribution in [3.05, 3.63) is 0 Å². The summed E-state index contributed by atoms with van der Waals surface area (Å²) in [6.45, 7) is 14.5. The molecule has 1 amide bonds. The highest BCUT2D eigenvalue weighted by Gasteiger charge is 2.28. The second-order valence-electron chi connectivity index (χ2n) is 8.05. The maximum Gasteiger partial charge on any atom is 0.223 e. The number of likely N-dealkylation sites (tertiary alicyclic amines) is 1. The molecule has 0 aromatic carbocycles. The number of ether oxygens (including phenoxy) is 1. The number of hydrogen-bond donors (Lipinski definition) is 1. The molecule has 23 heavy (non-hydrogen) atoms. The van der Waals surface area contributed by atoms with E-state index in [1.165, 1.54) is 19.3 Å². The van der Waals surface area contributed by atoms with E-state index in [2.05, 4.69) is 42.8 Å². The Morgan fingerprint density at radius 3 is 2.57 bits per heavy atom. The van der Waals surface area contributed by atoms with Crippen molar-refractivity contribution < 1.29 is 9.53 Å². The summed E-state index contributed by atoms with van der Waals surface area (Å²) >= 11 is 0. The van der Waals surface area contributed by atoms with E-state index in [1.807, 2.05) is 0 Å². The lowest BCUT2D eigenvalue weighted by molar-refractivity contribution is -0.128. The van der Waals surface area contributed by atoms with Crippen LogP contribution >= 0.6 is 0 Å². The molecule has 2 fully saturated rings. The maximum atomic E-state index is 12.4. The molecule has 2 saturated heterocycles. The third-order valence-corrected chi connectivity index (χ3v) is 4.86. The summed E-state index contributed by atoms with van der Waals surface area (Å²) < 4.78 is 5.78. The van der Waals surface area contributed by atoms with Crippen LogP contribution in [0.4, 0.5) is 0 Å². The number of carbonyl (C=O) groups excluding carboxylic acids is 1. The van der Waals surface area contributed by atoms with E-state index in [-0.39, 0.29) is 17.6 Å². The number of carbonyl (C=O) groups is 1. The van der Waals surface area contributed by atoms with Crippen molar-refractivity contribution in [2.45, 2.75) is 71.1 Å². The lowest BCUT2D eigenvalue weighted by Crippen LogP contribution is -2.54. The van der Waals surface area contributed by atoms with Crippen LogP contribution < -0.4 is 5.32 Å². The van der Waals surface area contributed by atoms with Gasteiger partial charge in [-0.15, -0.1) is 0 Å². The van der Waals surface area contributed by atoms with Gasteiger partial charge >= 0.3 is 0 Å². The Kier molecular flexibility index (Phi) is 6.86. The third-order valence-electron chi connectivity index (χ3n) is 4.86. The van der Waals surface area contributed by atoms with Gasteiger partial charge in [-0.3, -0.25) is 9.69 Å². The predicted molar refractivity (Wildman–Crippen MR) is 93.6 cm³/mol. The Bertz CT molecular complexity index is 378. The number of nitrogens with zero attached hydrogens (tertiary/aromatic N) is 2. The molecule has 1 atom stereocenters. The van der Waals surface area contributed by atoms with Gasteiger partial charge in [0, 0.05) is 31.2 Å². The van der Waals surface area contributed by atoms with Gasteiger partial charge in [-0.1, -0.05) is 6.42 Å². The molecule has 5 nitrogen and oxygen atoms in total. The molecular weight excluding hydrogens is 290 g/mol. The molecule has 5 heteroatoms. The molecule has 0 bridgehead atoms. The van der Waals surface area contributed by atoms with Gasteiger partial charge in [-0.05, 0) is 53.6 Å². The van der Waals surface area contributed by atoms with Crippen molar-refractivity contribution in [3.8, 4) is 0 Å². The topological polar surface area (TPSA) is 44.8 Å². The first-order valence-corrected chi connectivity index (χ1v) is 9.25. The van der Waals surface area contributed by atoms with Gasteiger partial charge in [0.2, 0.25) is 5.91 Å². The zero-order chi connectivity index (χ0) is 16.9. The highest BCUT2D eigenvalue weighted by atomic mass is 16.5. The summed E-state index contributed by atoms with van der Waals surface area (Å²) in [6.07, 6.45) is 4.40. The molecular formula is C18H35N3O2. The molecule has 134 valence electrons. The van der Waals surface area contributed by atoms with Crippen molar-refractivity contribution in [1.82, 2.24) is 15.1 Å². The van der Waals surface area contributed by atoms with Crippen LogP contribution in [0.1, 0.15) is 53.4 Å². The first-order valence-electron chi connectivity index (χ1n) is 9.25. The number of morpholine rings is 1. The molecule has 2 aliphatic heterocycles. The monoisotopic (exact) mass is 325 g/mol. The van der Waals surface area contributed by atoms with Gasteiger partial charge in [0.1, 0.15) is 0 Å². The summed E-state index contributed by atoms with van der Waals surface area (Å²) in [7, 11) is 0. The second-order valence-corrected chi connectivity index (χ2v) is 8.05. The van der Waals surface area contributed by atoms with Gasteiger partial charge in [0.05, 0.1) is 19.1 Å². The Labute approximate surface area is 141 Å². The highest BCUT2D eigenvalue weighted by Crippen LogP contribution is 2.15. The average Bonchev–Trinajstić information content (AvgIpc) is 2.47. The van der Waals surface area contributed by atoms with E-state index in [0.29, 0.717) is 12.5 Å². The highest BCUT2D eigenvalue weighted by molar-refractivity contribution is 5.77. The smallest absolute Gasteiger partial charge is 0.223 e. The quantitative estimate of drug-likeness (QED) is 0.810. The van der Waals surface area contributed by atoms with E-state index >= 15 is 0 Å². The minimum absolute atomic E-state index is 0.0249. The molecule has 1 unspecified atom stereocenters. The Morgan fingerprint density at radius 1 is 1.22 bits per heavy atom. The average molecular weight is 325 g/mol. The van der Waals surface area contributed by atoms with Gasteiger partial charge in [0.25, 0.3) is 0 Å². The first kappa shape index (κ1) is 18.7. The van der Waals surface area contributed by atoms with Crippen molar-refractivity contribution >= 4 is 5.91 Å². The SMILES string of the molecule is CC(C)N1CCOC(CC(=O)NC(C)(C)CN2CCCCC2)C1. The predicted octanol–water partition coefficient (Wildman–Crippen LogP) is 1.87. The zero-order valence-corrected chi connectivity index (χ0v) is 15.4. The molecule has 0 saturated carbocycles. The maximum absolute atomic E-state index is 12.4. The van der Waals surface area contributed by atoms with Crippen LogP contribution in [0.25, 0.3) is 0 Å². The van der Waals surface area contributed by atoms with E-state index < -0.39 is 0 Å². The minimum Gasteiger partial charge on any atom is -0.375 e. The number of nitrogens with one attached hydrogen (secondary N) is 1. The summed E-state index contributed by atoms with van der Waals surface area (Å²) in [4.78, 5) is 17.3. The molecule has 0 aromatic heterocycles. The van der Waals surface area contributed by atoms with Crippen molar-refractivity contribution in [1.29, 1.82) is 0 Å². The van der Waals surface area contributed by atoms with E-state index in [1.54, 1.807) is 0 Å². The fourth-order valence-electron chi connectivity index (χ4n) is 3.69. The van der Waals surface area contributed by atoms with Crippen molar-refractivity contribution in [3.63, 3.8) is 0 Å². The van der Waals surface area contributed by atoms with Gasteiger partial charge in [-0.2, -0.15) is 0 Å². The molecule has 0 spiro atoms. The normalized spacial score (nSPS) is 24.8. The largest absolute Gasteiger partial charge is 0.375 e. The van der Waals surface area contributed by atoms with Gasteiger partial charge < -0.3 is 15.0 Å². The van der Waals surface area contributed by atoms with Crippen molar-refractivity contribution in [2.75, 3.05) is 39.3 Å². The number of hydrogen-bond acceptors (Lipinski definition) is 4. The van der Waals surface area contributed by atoms with Crippen LogP contribution in [0.15, 0.2) is 0 Å². The van der Waals surface area contributed by atoms with Crippen LogP contribution in [0.3, 0.4) is 0 Å². The standard InChI is InChI=1S/C18H35N3O2/c1-15(2)21-10-11-23-16(13-21)12-17(22)19-18(3,4)14-20-8-6-5-7-9-20/h15-16H,5-14H2,1-4H3,(H,19,22). The van der Waals surface area contributed by atoms with Crippen LogP contribution in [0.2, 0.25) is 0 Å². The second kappa shape index (κ2) is 8.45. The molecule has 2 rings (SSSR count). The van der Waals surface area contributed by atoms with E-state index in [0.717, 1.165) is 39.3 Å². The molecule has 2 aliphatic rings. The van der Waals surface area contributed by atoms with Gasteiger partial charge in [-0.25, -0.2) is 0 Å². The summed E-state index contributed by atoms with van der Waals surface area (Å²) in [6, 6.07) is 0.514. The van der Waals surface area contributed by atoms with Crippen molar-refractivity contribution in [2.24, 2.45) is 0 Å².